The number of nitrogens with zero attached hydrogens (tertiary/aromatic N) is 1. The Kier molecular flexibility index (Phi) is 6.31. The first-order chi connectivity index (χ1) is 14.6. The molecule has 1 heterocycles. The zero-order chi connectivity index (χ0) is 20.9. The summed E-state index contributed by atoms with van der Waals surface area (Å²) in [6.45, 7) is 1.65. The van der Waals surface area contributed by atoms with Crippen LogP contribution in [0.5, 0.6) is 0 Å². The molecule has 6 heteroatoms. The Balaban J connectivity index is 1.24. The average molecular weight is 410 g/mol. The van der Waals surface area contributed by atoms with Gasteiger partial charge in [-0.15, -0.1) is 0 Å². The van der Waals surface area contributed by atoms with Crippen molar-refractivity contribution in [3.05, 3.63) is 65.5 Å². The van der Waals surface area contributed by atoms with E-state index in [1.54, 1.807) is 24.3 Å². The second kappa shape index (κ2) is 9.28. The molecule has 1 aliphatic carbocycles. The molecule has 0 aromatic heterocycles. The van der Waals surface area contributed by atoms with E-state index in [9.17, 15) is 14.0 Å². The zero-order valence-electron chi connectivity index (χ0n) is 17.1. The normalized spacial score (nSPS) is 21.3. The summed E-state index contributed by atoms with van der Waals surface area (Å²) in [6, 6.07) is 13.7. The van der Waals surface area contributed by atoms with Gasteiger partial charge in [-0.3, -0.25) is 4.79 Å². The van der Waals surface area contributed by atoms with Gasteiger partial charge in [0.15, 0.2) is 0 Å². The Morgan fingerprint density at radius 1 is 0.867 bits per heavy atom. The SMILES string of the molecule is O=C(Nc1ccc(C(=O)N2CCCC2)cc1)NC1CCC(c2ccc(F)cc2)CC1. The van der Waals surface area contributed by atoms with Crippen LogP contribution in [0.3, 0.4) is 0 Å². The van der Waals surface area contributed by atoms with Crippen molar-refractivity contribution in [2.45, 2.75) is 50.5 Å². The minimum absolute atomic E-state index is 0.0569. The number of halogens is 1. The predicted molar refractivity (Wildman–Crippen MR) is 115 cm³/mol. The molecule has 2 fully saturated rings. The van der Waals surface area contributed by atoms with E-state index in [0.717, 1.165) is 51.6 Å². The Morgan fingerprint density at radius 2 is 1.50 bits per heavy atom. The van der Waals surface area contributed by atoms with Gasteiger partial charge in [0.05, 0.1) is 0 Å². The molecule has 0 spiro atoms. The van der Waals surface area contributed by atoms with E-state index >= 15 is 0 Å². The summed E-state index contributed by atoms with van der Waals surface area (Å²) in [7, 11) is 0. The van der Waals surface area contributed by atoms with Crippen molar-refractivity contribution in [1.29, 1.82) is 0 Å². The number of nitrogens with one attached hydrogen (secondary N) is 2. The molecule has 30 heavy (non-hydrogen) atoms. The fourth-order valence-corrected chi connectivity index (χ4v) is 4.46. The molecule has 1 saturated carbocycles. The molecule has 2 aromatic rings. The molecule has 3 amide bonds. The fraction of sp³-hybridized carbons (Fsp3) is 0.417. The van der Waals surface area contributed by atoms with Crippen molar-refractivity contribution in [3.8, 4) is 0 Å². The predicted octanol–water partition coefficient (Wildman–Crippen LogP) is 4.91. The summed E-state index contributed by atoms with van der Waals surface area (Å²) in [5, 5.41) is 5.90. The lowest BCUT2D eigenvalue weighted by Gasteiger charge is -2.29. The van der Waals surface area contributed by atoms with Crippen LogP contribution >= 0.6 is 0 Å². The van der Waals surface area contributed by atoms with Gasteiger partial charge >= 0.3 is 6.03 Å². The topological polar surface area (TPSA) is 61.4 Å². The number of carbonyl (C=O) groups is 2. The van der Waals surface area contributed by atoms with Crippen LogP contribution in [0.25, 0.3) is 0 Å². The molecule has 1 aliphatic heterocycles. The third-order valence-corrected chi connectivity index (χ3v) is 6.19. The molecule has 0 unspecified atom stereocenters. The van der Waals surface area contributed by atoms with E-state index in [0.29, 0.717) is 17.2 Å². The molecular weight excluding hydrogens is 381 g/mol. The highest BCUT2D eigenvalue weighted by molar-refractivity contribution is 5.95. The second-order valence-corrected chi connectivity index (χ2v) is 8.28. The van der Waals surface area contributed by atoms with Gasteiger partial charge in [0.2, 0.25) is 0 Å². The van der Waals surface area contributed by atoms with Crippen LogP contribution in [-0.2, 0) is 0 Å². The first-order valence-electron chi connectivity index (χ1n) is 10.8. The van der Waals surface area contributed by atoms with Crippen molar-refractivity contribution in [2.24, 2.45) is 0 Å². The van der Waals surface area contributed by atoms with Crippen molar-refractivity contribution < 1.29 is 14.0 Å². The number of hydrogen-bond acceptors (Lipinski definition) is 2. The third kappa shape index (κ3) is 4.99. The van der Waals surface area contributed by atoms with Crippen LogP contribution in [0.1, 0.15) is 60.4 Å². The number of likely N-dealkylation sites (tertiary alicyclic amines) is 1. The maximum atomic E-state index is 13.1. The number of anilines is 1. The maximum Gasteiger partial charge on any atom is 0.319 e. The first-order valence-corrected chi connectivity index (χ1v) is 10.8. The van der Waals surface area contributed by atoms with Gasteiger partial charge in [-0.05, 0) is 86.4 Å². The number of benzene rings is 2. The van der Waals surface area contributed by atoms with Crippen molar-refractivity contribution in [2.75, 3.05) is 18.4 Å². The van der Waals surface area contributed by atoms with Gasteiger partial charge < -0.3 is 15.5 Å². The lowest BCUT2D eigenvalue weighted by molar-refractivity contribution is 0.0793. The van der Waals surface area contributed by atoms with E-state index in [1.807, 2.05) is 17.0 Å². The van der Waals surface area contributed by atoms with Crippen molar-refractivity contribution >= 4 is 17.6 Å². The van der Waals surface area contributed by atoms with Crippen LogP contribution < -0.4 is 10.6 Å². The monoisotopic (exact) mass is 409 g/mol. The molecular formula is C24H28FN3O2. The summed E-state index contributed by atoms with van der Waals surface area (Å²) in [6.07, 6.45) is 5.89. The van der Waals surface area contributed by atoms with Crippen LogP contribution in [0, 0.1) is 5.82 Å². The van der Waals surface area contributed by atoms with E-state index in [-0.39, 0.29) is 23.8 Å². The lowest BCUT2D eigenvalue weighted by atomic mass is 9.82. The molecule has 4 rings (SSSR count). The average Bonchev–Trinajstić information content (AvgIpc) is 3.30. The van der Waals surface area contributed by atoms with E-state index < -0.39 is 0 Å². The van der Waals surface area contributed by atoms with Gasteiger partial charge in [0.1, 0.15) is 5.82 Å². The van der Waals surface area contributed by atoms with Gasteiger partial charge in [-0.2, -0.15) is 0 Å². The van der Waals surface area contributed by atoms with Crippen LogP contribution in [-0.4, -0.2) is 36.0 Å². The summed E-state index contributed by atoms with van der Waals surface area (Å²) >= 11 is 0. The van der Waals surface area contributed by atoms with Crippen LogP contribution in [0.4, 0.5) is 14.9 Å². The minimum atomic E-state index is -0.223. The van der Waals surface area contributed by atoms with Crippen LogP contribution in [0.15, 0.2) is 48.5 Å². The molecule has 2 N–H and O–H groups in total. The number of hydrogen-bond donors (Lipinski definition) is 2. The van der Waals surface area contributed by atoms with Crippen LogP contribution in [0.2, 0.25) is 0 Å². The Bertz CT molecular complexity index is 868. The smallest absolute Gasteiger partial charge is 0.319 e. The summed E-state index contributed by atoms with van der Waals surface area (Å²) in [5.41, 5.74) is 2.50. The maximum absolute atomic E-state index is 13.1. The fourth-order valence-electron chi connectivity index (χ4n) is 4.46. The van der Waals surface area contributed by atoms with Crippen molar-refractivity contribution in [3.63, 3.8) is 0 Å². The highest BCUT2D eigenvalue weighted by Crippen LogP contribution is 2.33. The third-order valence-electron chi connectivity index (χ3n) is 6.19. The summed E-state index contributed by atoms with van der Waals surface area (Å²) in [5.74, 6) is 0.271. The molecule has 2 aromatic carbocycles. The standard InChI is InChI=1S/C24H28FN3O2/c25-20-9-3-17(4-10-20)18-5-11-21(12-6-18)26-24(30)27-22-13-7-19(8-14-22)23(29)28-15-1-2-16-28/h3-4,7-10,13-14,18,21H,1-2,5-6,11-12,15-16H2,(H2,26,27,30). The molecule has 0 radical (unpaired) electrons. The summed E-state index contributed by atoms with van der Waals surface area (Å²) in [4.78, 5) is 26.6. The number of carbonyl (C=O) groups excluding carboxylic acids is 2. The van der Waals surface area contributed by atoms with Gasteiger partial charge in [-0.25, -0.2) is 9.18 Å². The first kappa shape index (κ1) is 20.4. The summed E-state index contributed by atoms with van der Waals surface area (Å²) < 4.78 is 13.1. The second-order valence-electron chi connectivity index (χ2n) is 8.28. The molecule has 0 bridgehead atoms. The highest BCUT2D eigenvalue weighted by atomic mass is 19.1. The van der Waals surface area contributed by atoms with E-state index in [4.69, 9.17) is 0 Å². The molecule has 1 saturated heterocycles. The highest BCUT2D eigenvalue weighted by Gasteiger charge is 2.24. The van der Waals surface area contributed by atoms with Crippen molar-refractivity contribution in [1.82, 2.24) is 10.2 Å². The number of amides is 3. The molecule has 0 atom stereocenters. The Morgan fingerprint density at radius 3 is 2.13 bits per heavy atom. The zero-order valence-corrected chi connectivity index (χ0v) is 17.1. The quantitative estimate of drug-likeness (QED) is 0.754. The van der Waals surface area contributed by atoms with E-state index in [1.165, 1.54) is 17.7 Å². The largest absolute Gasteiger partial charge is 0.339 e. The minimum Gasteiger partial charge on any atom is -0.339 e. The Hall–Kier alpha value is -2.89. The Labute approximate surface area is 176 Å². The molecule has 5 nitrogen and oxygen atoms in total. The molecule has 158 valence electrons. The molecule has 2 aliphatic rings. The van der Waals surface area contributed by atoms with E-state index in [2.05, 4.69) is 10.6 Å². The lowest BCUT2D eigenvalue weighted by Crippen LogP contribution is -2.39. The number of urea groups is 1. The van der Waals surface area contributed by atoms with Gasteiger partial charge in [-0.1, -0.05) is 12.1 Å². The number of rotatable bonds is 4. The van der Waals surface area contributed by atoms with Gasteiger partial charge in [0.25, 0.3) is 5.91 Å². The van der Waals surface area contributed by atoms with Gasteiger partial charge in [0, 0.05) is 30.4 Å².